The van der Waals surface area contributed by atoms with E-state index in [-0.39, 0.29) is 11.4 Å². The second-order valence-electron chi connectivity index (χ2n) is 4.45. The average molecular weight is 287 g/mol. The summed E-state index contributed by atoms with van der Waals surface area (Å²) in [7, 11) is -3.61. The number of ether oxygens (including phenoxy) is 1. The monoisotopic (exact) mass is 287 g/mol. The van der Waals surface area contributed by atoms with E-state index in [1.807, 2.05) is 13.8 Å². The third-order valence-electron chi connectivity index (χ3n) is 2.85. The Kier molecular flexibility index (Phi) is 5.34. The van der Waals surface area contributed by atoms with Crippen molar-refractivity contribution >= 4 is 10.0 Å². The Balaban J connectivity index is 3.11. The molecule has 0 amide bonds. The first-order chi connectivity index (χ1) is 8.79. The van der Waals surface area contributed by atoms with Crippen LogP contribution in [0.2, 0.25) is 0 Å². The minimum absolute atomic E-state index is 0.00592. The summed E-state index contributed by atoms with van der Waals surface area (Å²) in [6.45, 7) is 7.51. The van der Waals surface area contributed by atoms with Crippen LogP contribution in [-0.4, -0.2) is 32.8 Å². The zero-order valence-corrected chi connectivity index (χ0v) is 12.5. The van der Waals surface area contributed by atoms with E-state index in [1.54, 1.807) is 13.0 Å². The molecule has 0 aliphatic heterocycles. The van der Waals surface area contributed by atoms with E-state index >= 15 is 0 Å². The fourth-order valence-electron chi connectivity index (χ4n) is 1.68. The fraction of sp³-hybridized carbons (Fsp3) is 0.538. The standard InChI is InChI=1S/C13H21NO4S/c1-5-18-12-6-7-13(11(4)10(12)3)19(16,17)14-8-9(2)15/h6-7,9,14-15H,5,8H2,1-4H3/t9-/m0/s1. The quantitative estimate of drug-likeness (QED) is 0.828. The van der Waals surface area contributed by atoms with Crippen LogP contribution < -0.4 is 9.46 Å². The fourth-order valence-corrected chi connectivity index (χ4v) is 3.10. The molecule has 0 aliphatic rings. The van der Waals surface area contributed by atoms with Gasteiger partial charge in [0.15, 0.2) is 0 Å². The molecule has 6 heteroatoms. The van der Waals surface area contributed by atoms with Crippen molar-refractivity contribution in [3.05, 3.63) is 23.3 Å². The summed E-state index contributed by atoms with van der Waals surface area (Å²) in [5.41, 5.74) is 1.46. The van der Waals surface area contributed by atoms with Gasteiger partial charge in [0.25, 0.3) is 0 Å². The van der Waals surface area contributed by atoms with Crippen molar-refractivity contribution in [2.24, 2.45) is 0 Å². The van der Waals surface area contributed by atoms with Gasteiger partial charge in [0, 0.05) is 6.54 Å². The smallest absolute Gasteiger partial charge is 0.240 e. The van der Waals surface area contributed by atoms with Gasteiger partial charge in [0.1, 0.15) is 5.75 Å². The molecule has 0 saturated heterocycles. The Morgan fingerprint density at radius 1 is 1.32 bits per heavy atom. The highest BCUT2D eigenvalue weighted by Crippen LogP contribution is 2.26. The SMILES string of the molecule is CCOc1ccc(S(=O)(=O)NC[C@H](C)O)c(C)c1C. The third-order valence-corrected chi connectivity index (χ3v) is 4.41. The lowest BCUT2D eigenvalue weighted by atomic mass is 10.1. The molecule has 0 aromatic heterocycles. The van der Waals surface area contributed by atoms with Crippen molar-refractivity contribution < 1.29 is 18.3 Å². The van der Waals surface area contributed by atoms with Crippen LogP contribution in [0.25, 0.3) is 0 Å². The lowest BCUT2D eigenvalue weighted by molar-refractivity contribution is 0.198. The van der Waals surface area contributed by atoms with E-state index in [1.165, 1.54) is 13.0 Å². The molecule has 0 fully saturated rings. The number of benzene rings is 1. The molecule has 0 radical (unpaired) electrons. The van der Waals surface area contributed by atoms with Gasteiger partial charge in [-0.2, -0.15) is 0 Å². The number of hydrogen-bond acceptors (Lipinski definition) is 4. The number of rotatable bonds is 6. The molecule has 0 unspecified atom stereocenters. The van der Waals surface area contributed by atoms with Gasteiger partial charge in [0.05, 0.1) is 17.6 Å². The third kappa shape index (κ3) is 3.92. The Morgan fingerprint density at radius 2 is 1.95 bits per heavy atom. The average Bonchev–Trinajstić information content (AvgIpc) is 2.33. The zero-order chi connectivity index (χ0) is 14.6. The first-order valence-electron chi connectivity index (χ1n) is 6.20. The van der Waals surface area contributed by atoms with Gasteiger partial charge in [0.2, 0.25) is 10.0 Å². The van der Waals surface area contributed by atoms with Crippen molar-refractivity contribution in [2.45, 2.75) is 38.7 Å². The Bertz CT molecular complexity index is 538. The van der Waals surface area contributed by atoms with E-state index in [4.69, 9.17) is 9.84 Å². The maximum Gasteiger partial charge on any atom is 0.240 e. The highest BCUT2D eigenvalue weighted by molar-refractivity contribution is 7.89. The molecular weight excluding hydrogens is 266 g/mol. The topological polar surface area (TPSA) is 75.6 Å². The lowest BCUT2D eigenvalue weighted by Gasteiger charge is -2.15. The maximum atomic E-state index is 12.1. The van der Waals surface area contributed by atoms with Crippen LogP contribution in [0.4, 0.5) is 0 Å². The van der Waals surface area contributed by atoms with Gasteiger partial charge < -0.3 is 9.84 Å². The second-order valence-corrected chi connectivity index (χ2v) is 6.18. The van der Waals surface area contributed by atoms with E-state index < -0.39 is 16.1 Å². The minimum atomic E-state index is -3.61. The summed E-state index contributed by atoms with van der Waals surface area (Å²) in [6.07, 6.45) is -0.723. The number of aliphatic hydroxyl groups is 1. The molecule has 2 N–H and O–H groups in total. The number of nitrogens with one attached hydrogen (secondary N) is 1. The number of sulfonamides is 1. The van der Waals surface area contributed by atoms with Crippen LogP contribution in [0, 0.1) is 13.8 Å². The van der Waals surface area contributed by atoms with Crippen molar-refractivity contribution in [1.82, 2.24) is 4.72 Å². The van der Waals surface area contributed by atoms with Gasteiger partial charge >= 0.3 is 0 Å². The zero-order valence-electron chi connectivity index (χ0n) is 11.7. The molecule has 1 aromatic rings. The van der Waals surface area contributed by atoms with Crippen LogP contribution in [-0.2, 0) is 10.0 Å². The van der Waals surface area contributed by atoms with Crippen LogP contribution >= 0.6 is 0 Å². The Morgan fingerprint density at radius 3 is 2.47 bits per heavy atom. The van der Waals surface area contributed by atoms with Gasteiger partial charge in [-0.05, 0) is 51.0 Å². The molecule has 19 heavy (non-hydrogen) atoms. The predicted octanol–water partition coefficient (Wildman–Crippen LogP) is 1.36. The van der Waals surface area contributed by atoms with E-state index in [2.05, 4.69) is 4.72 Å². The predicted molar refractivity (Wildman–Crippen MR) is 74.0 cm³/mol. The summed E-state index contributed by atoms with van der Waals surface area (Å²) in [5, 5.41) is 9.15. The highest BCUT2D eigenvalue weighted by atomic mass is 32.2. The van der Waals surface area contributed by atoms with Crippen molar-refractivity contribution in [2.75, 3.05) is 13.2 Å². The van der Waals surface area contributed by atoms with Gasteiger partial charge in [-0.1, -0.05) is 0 Å². The first kappa shape index (κ1) is 15.9. The van der Waals surface area contributed by atoms with E-state index in [9.17, 15) is 8.42 Å². The Labute approximate surface area is 114 Å². The van der Waals surface area contributed by atoms with Crippen molar-refractivity contribution in [3.63, 3.8) is 0 Å². The summed E-state index contributed by atoms with van der Waals surface area (Å²) in [4.78, 5) is 0.217. The lowest BCUT2D eigenvalue weighted by Crippen LogP contribution is -2.31. The molecular formula is C13H21NO4S. The summed E-state index contributed by atoms with van der Waals surface area (Å²) in [6, 6.07) is 3.18. The number of aliphatic hydroxyl groups excluding tert-OH is 1. The van der Waals surface area contributed by atoms with Crippen molar-refractivity contribution in [3.8, 4) is 5.75 Å². The van der Waals surface area contributed by atoms with Crippen LogP contribution in [0.1, 0.15) is 25.0 Å². The molecule has 1 atom stereocenters. The molecule has 0 saturated carbocycles. The van der Waals surface area contributed by atoms with Gasteiger partial charge in [-0.25, -0.2) is 13.1 Å². The summed E-state index contributed by atoms with van der Waals surface area (Å²) in [5.74, 6) is 0.689. The van der Waals surface area contributed by atoms with Crippen LogP contribution in [0.15, 0.2) is 17.0 Å². The molecule has 1 rings (SSSR count). The molecule has 0 aliphatic carbocycles. The minimum Gasteiger partial charge on any atom is -0.494 e. The van der Waals surface area contributed by atoms with Gasteiger partial charge in [-0.3, -0.25) is 0 Å². The molecule has 108 valence electrons. The molecule has 1 aromatic carbocycles. The summed E-state index contributed by atoms with van der Waals surface area (Å²) >= 11 is 0. The molecule has 0 bridgehead atoms. The number of hydrogen-bond donors (Lipinski definition) is 2. The van der Waals surface area contributed by atoms with Gasteiger partial charge in [-0.15, -0.1) is 0 Å². The van der Waals surface area contributed by atoms with E-state index in [0.717, 1.165) is 5.56 Å². The maximum absolute atomic E-state index is 12.1. The summed E-state index contributed by atoms with van der Waals surface area (Å²) < 4.78 is 32.0. The largest absolute Gasteiger partial charge is 0.494 e. The normalized spacial score (nSPS) is 13.3. The van der Waals surface area contributed by atoms with E-state index in [0.29, 0.717) is 17.9 Å². The van der Waals surface area contributed by atoms with Crippen molar-refractivity contribution in [1.29, 1.82) is 0 Å². The highest BCUT2D eigenvalue weighted by Gasteiger charge is 2.19. The first-order valence-corrected chi connectivity index (χ1v) is 7.68. The molecule has 0 spiro atoms. The van der Waals surface area contributed by atoms with Crippen LogP contribution in [0.3, 0.4) is 0 Å². The second kappa shape index (κ2) is 6.36. The molecule has 0 heterocycles. The van der Waals surface area contributed by atoms with Crippen LogP contribution in [0.5, 0.6) is 5.75 Å². The Hall–Kier alpha value is -1.11. The molecule has 5 nitrogen and oxygen atoms in total.